The van der Waals surface area contributed by atoms with Crippen LogP contribution in [0.25, 0.3) is 21.9 Å². The van der Waals surface area contributed by atoms with Crippen molar-refractivity contribution in [3.8, 4) is 5.75 Å². The Kier molecular flexibility index (Phi) is 4.00. The number of hydrogen-bond acceptors (Lipinski definition) is 4. The topological polar surface area (TPSA) is 97.5 Å². The van der Waals surface area contributed by atoms with Gasteiger partial charge in [-0.05, 0) is 29.8 Å². The Labute approximate surface area is 149 Å². The van der Waals surface area contributed by atoms with Crippen LogP contribution in [0.5, 0.6) is 5.75 Å². The molecule has 0 amide bonds. The fourth-order valence-electron chi connectivity index (χ4n) is 2.97. The molecule has 4 rings (SSSR count). The predicted molar refractivity (Wildman–Crippen MR) is 98.8 cm³/mol. The monoisotopic (exact) mass is 369 g/mol. The number of methoxy groups -OCH3 is 1. The van der Waals surface area contributed by atoms with Gasteiger partial charge in [0.2, 0.25) is 0 Å². The van der Waals surface area contributed by atoms with Gasteiger partial charge in [-0.15, -0.1) is 0 Å². The zero-order valence-corrected chi connectivity index (χ0v) is 14.8. The quantitative estimate of drug-likeness (QED) is 0.536. The molecule has 2 aromatic carbocycles. The van der Waals surface area contributed by atoms with E-state index in [1.807, 2.05) is 22.8 Å². The predicted octanol–water partition coefficient (Wildman–Crippen LogP) is 2.44. The highest BCUT2D eigenvalue weighted by Crippen LogP contribution is 2.33. The Morgan fingerprint density at radius 3 is 2.54 bits per heavy atom. The number of nitrogens with zero attached hydrogens (tertiary/aromatic N) is 3. The van der Waals surface area contributed by atoms with Crippen molar-refractivity contribution in [3.05, 3.63) is 60.6 Å². The summed E-state index contributed by atoms with van der Waals surface area (Å²) in [6.45, 7) is 0.531. The molecule has 0 aliphatic rings. The molecule has 7 nitrogen and oxygen atoms in total. The fourth-order valence-corrected chi connectivity index (χ4v) is 3.51. The second-order valence-corrected chi connectivity index (χ2v) is 7.56. The van der Waals surface area contributed by atoms with Gasteiger partial charge in [-0.25, -0.2) is 4.98 Å². The summed E-state index contributed by atoms with van der Waals surface area (Å²) in [5.74, 6) is 0.739. The first-order chi connectivity index (χ1) is 12.5. The van der Waals surface area contributed by atoms with E-state index in [0.717, 1.165) is 33.2 Å². The minimum absolute atomic E-state index is 0.0125. The molecule has 0 fully saturated rings. The van der Waals surface area contributed by atoms with Gasteiger partial charge in [0.25, 0.3) is 0 Å². The number of benzene rings is 2. The number of pyridine rings is 1. The van der Waals surface area contributed by atoms with E-state index in [1.165, 1.54) is 12.1 Å². The average Bonchev–Trinajstić information content (AvgIpc) is 3.04. The van der Waals surface area contributed by atoms with Crippen molar-refractivity contribution in [2.24, 2.45) is 0 Å². The van der Waals surface area contributed by atoms with E-state index >= 15 is 0 Å². The summed E-state index contributed by atoms with van der Waals surface area (Å²) < 4.78 is 18.5. The van der Waals surface area contributed by atoms with E-state index < -0.39 is 7.60 Å². The molecule has 26 heavy (non-hydrogen) atoms. The maximum Gasteiger partial charge on any atom is 0.356 e. The Hall–Kier alpha value is -2.73. The first kappa shape index (κ1) is 16.7. The number of imidazole rings is 1. The lowest BCUT2D eigenvalue weighted by molar-refractivity contribution is 0.387. The first-order valence-electron chi connectivity index (χ1n) is 7.88. The van der Waals surface area contributed by atoms with Crippen LogP contribution in [0.15, 0.2) is 55.0 Å². The summed E-state index contributed by atoms with van der Waals surface area (Å²) in [4.78, 5) is 27.3. The van der Waals surface area contributed by atoms with Gasteiger partial charge < -0.3 is 19.1 Å². The Bertz CT molecular complexity index is 1150. The molecule has 0 radical (unpaired) electrons. The smallest absolute Gasteiger partial charge is 0.356 e. The lowest BCUT2D eigenvalue weighted by Gasteiger charge is -2.09. The Balaban J connectivity index is 1.77. The van der Waals surface area contributed by atoms with Gasteiger partial charge in [0.05, 0.1) is 36.0 Å². The molecule has 0 atom stereocenters. The van der Waals surface area contributed by atoms with Crippen LogP contribution in [0.3, 0.4) is 0 Å². The van der Waals surface area contributed by atoms with Gasteiger partial charge in [0.15, 0.2) is 0 Å². The van der Waals surface area contributed by atoms with E-state index in [1.54, 1.807) is 31.8 Å². The van der Waals surface area contributed by atoms with Crippen LogP contribution in [-0.4, -0.2) is 31.4 Å². The Morgan fingerprint density at radius 2 is 1.85 bits per heavy atom. The van der Waals surface area contributed by atoms with Crippen LogP contribution in [0.4, 0.5) is 0 Å². The van der Waals surface area contributed by atoms with Gasteiger partial charge in [0.1, 0.15) is 11.3 Å². The third kappa shape index (κ3) is 2.97. The highest BCUT2D eigenvalue weighted by molar-refractivity contribution is 7.60. The van der Waals surface area contributed by atoms with E-state index in [0.29, 0.717) is 6.54 Å². The molecule has 0 aliphatic carbocycles. The molecule has 2 heterocycles. The molecule has 0 unspecified atom stereocenters. The van der Waals surface area contributed by atoms with Crippen molar-refractivity contribution >= 4 is 34.8 Å². The van der Waals surface area contributed by atoms with E-state index in [9.17, 15) is 14.4 Å². The SMILES string of the molecule is COc1ccc2c(c1)ncc1ncn(Cc3ccc(P(=O)(O)O)cc3)c12. The van der Waals surface area contributed by atoms with Gasteiger partial charge >= 0.3 is 7.60 Å². The van der Waals surface area contributed by atoms with E-state index in [-0.39, 0.29) is 5.30 Å². The van der Waals surface area contributed by atoms with Crippen LogP contribution >= 0.6 is 7.60 Å². The molecule has 0 aliphatic heterocycles. The highest BCUT2D eigenvalue weighted by atomic mass is 31.2. The first-order valence-corrected chi connectivity index (χ1v) is 9.49. The summed E-state index contributed by atoms with van der Waals surface area (Å²) in [6.07, 6.45) is 3.47. The van der Waals surface area contributed by atoms with Crippen LogP contribution in [0.2, 0.25) is 0 Å². The van der Waals surface area contributed by atoms with Crippen LogP contribution in [-0.2, 0) is 11.1 Å². The third-order valence-electron chi connectivity index (χ3n) is 4.28. The van der Waals surface area contributed by atoms with Crippen molar-refractivity contribution in [2.75, 3.05) is 7.11 Å². The second kappa shape index (κ2) is 6.21. The average molecular weight is 369 g/mol. The standard InChI is InChI=1S/C18H16N3O4P/c1-25-13-4-7-15-16(8-13)19-9-17-18(15)21(11-20-17)10-12-2-5-14(6-3-12)26(22,23)24/h2-9,11H,10H2,1H3,(H2,22,23,24). The molecule has 8 heteroatoms. The van der Waals surface area contributed by atoms with E-state index in [4.69, 9.17) is 4.74 Å². The second-order valence-electron chi connectivity index (χ2n) is 5.96. The summed E-state index contributed by atoms with van der Waals surface area (Å²) in [5.41, 5.74) is 3.47. The molecule has 2 aromatic heterocycles. The van der Waals surface area contributed by atoms with Gasteiger partial charge in [-0.2, -0.15) is 0 Å². The maximum absolute atomic E-state index is 11.3. The van der Waals surface area contributed by atoms with Crippen molar-refractivity contribution < 1.29 is 19.1 Å². The molecular formula is C18H16N3O4P. The molecule has 4 aromatic rings. The number of fused-ring (bicyclic) bond motifs is 3. The fraction of sp³-hybridized carbons (Fsp3) is 0.111. The van der Waals surface area contributed by atoms with Crippen LogP contribution in [0.1, 0.15) is 5.56 Å². The summed E-state index contributed by atoms with van der Waals surface area (Å²) in [5, 5.41) is 0.978. The molecule has 0 saturated heterocycles. The molecule has 2 N–H and O–H groups in total. The summed E-state index contributed by atoms with van der Waals surface area (Å²) >= 11 is 0. The molecule has 132 valence electrons. The van der Waals surface area contributed by atoms with Crippen LogP contribution < -0.4 is 10.0 Å². The molecule has 0 bridgehead atoms. The van der Waals surface area contributed by atoms with E-state index in [2.05, 4.69) is 9.97 Å². The Morgan fingerprint density at radius 1 is 1.08 bits per heavy atom. The lowest BCUT2D eigenvalue weighted by atomic mass is 10.1. The minimum atomic E-state index is -4.23. The van der Waals surface area contributed by atoms with Gasteiger partial charge in [-0.1, -0.05) is 12.1 Å². The molecule has 0 spiro atoms. The summed E-state index contributed by atoms with van der Waals surface area (Å²) in [6, 6.07) is 12.1. The lowest BCUT2D eigenvalue weighted by Crippen LogP contribution is -2.05. The number of hydrogen-bond donors (Lipinski definition) is 2. The minimum Gasteiger partial charge on any atom is -0.497 e. The number of ether oxygens (including phenoxy) is 1. The highest BCUT2D eigenvalue weighted by Gasteiger charge is 2.16. The van der Waals surface area contributed by atoms with Crippen molar-refractivity contribution in [1.29, 1.82) is 0 Å². The number of rotatable bonds is 4. The zero-order valence-electron chi connectivity index (χ0n) is 13.9. The summed E-state index contributed by atoms with van der Waals surface area (Å²) in [7, 11) is -2.61. The largest absolute Gasteiger partial charge is 0.497 e. The van der Waals surface area contributed by atoms with Gasteiger partial charge in [0, 0.05) is 18.0 Å². The van der Waals surface area contributed by atoms with Crippen molar-refractivity contribution in [1.82, 2.24) is 14.5 Å². The number of aromatic nitrogens is 3. The van der Waals surface area contributed by atoms with Crippen molar-refractivity contribution in [2.45, 2.75) is 6.54 Å². The third-order valence-corrected chi connectivity index (χ3v) is 5.25. The van der Waals surface area contributed by atoms with Crippen molar-refractivity contribution in [3.63, 3.8) is 0 Å². The zero-order chi connectivity index (χ0) is 18.3. The normalized spacial score (nSPS) is 12.0. The molecular weight excluding hydrogens is 353 g/mol. The van der Waals surface area contributed by atoms with Crippen LogP contribution in [0, 0.1) is 0 Å². The van der Waals surface area contributed by atoms with Gasteiger partial charge in [-0.3, -0.25) is 9.55 Å². The maximum atomic E-state index is 11.3. The molecule has 0 saturated carbocycles.